The maximum absolute atomic E-state index is 9.32. The molecule has 2 aliphatic rings. The Morgan fingerprint density at radius 3 is 2.25 bits per heavy atom. The van der Waals surface area contributed by atoms with E-state index in [1.807, 2.05) is 30.6 Å². The van der Waals surface area contributed by atoms with Crippen LogP contribution in [0.5, 0.6) is 5.75 Å². The van der Waals surface area contributed by atoms with Gasteiger partial charge >= 0.3 is 0 Å². The van der Waals surface area contributed by atoms with Crippen LogP contribution in [0.15, 0.2) is 59.8 Å². The summed E-state index contributed by atoms with van der Waals surface area (Å²) in [7, 11) is 1.61. The van der Waals surface area contributed by atoms with Crippen LogP contribution in [0.3, 0.4) is 0 Å². The zero-order chi connectivity index (χ0) is 22.5. The van der Waals surface area contributed by atoms with Crippen LogP contribution in [0.1, 0.15) is 24.5 Å². The quantitative estimate of drug-likeness (QED) is 0.530. The number of benzene rings is 2. The highest BCUT2D eigenvalue weighted by Crippen LogP contribution is 2.45. The first-order valence-electron chi connectivity index (χ1n) is 11.1. The second-order valence-electron chi connectivity index (χ2n) is 8.32. The molecule has 0 bridgehead atoms. The Kier molecular flexibility index (Phi) is 7.33. The van der Waals surface area contributed by atoms with Crippen molar-refractivity contribution in [2.45, 2.75) is 31.3 Å². The molecule has 168 valence electrons. The lowest BCUT2D eigenvalue weighted by molar-refractivity contribution is 0.274. The Balaban J connectivity index is 0.000000157. The molecule has 1 saturated carbocycles. The molecule has 0 spiro atoms. The van der Waals surface area contributed by atoms with Crippen molar-refractivity contribution in [3.8, 4) is 16.9 Å². The predicted molar refractivity (Wildman–Crippen MR) is 131 cm³/mol. The van der Waals surface area contributed by atoms with Crippen LogP contribution in [-0.4, -0.2) is 41.5 Å². The zero-order valence-corrected chi connectivity index (χ0v) is 19.8. The fourth-order valence-electron chi connectivity index (χ4n) is 4.12. The number of hydrogen-bond donors (Lipinski definition) is 1. The first kappa shape index (κ1) is 22.6. The second-order valence-corrected chi connectivity index (χ2v) is 9.20. The number of piperidine rings is 1. The number of anilines is 1. The third-order valence-corrected chi connectivity index (χ3v) is 6.98. The van der Waals surface area contributed by atoms with Gasteiger partial charge in [-0.3, -0.25) is 0 Å². The van der Waals surface area contributed by atoms with Gasteiger partial charge in [0, 0.05) is 35.9 Å². The summed E-state index contributed by atoms with van der Waals surface area (Å²) in [6.07, 6.45) is 8.42. The number of aryl methyl sites for hydroxylation is 1. The van der Waals surface area contributed by atoms with Crippen molar-refractivity contribution in [3.63, 3.8) is 0 Å². The van der Waals surface area contributed by atoms with Gasteiger partial charge in [0.15, 0.2) is 0 Å². The zero-order valence-electron chi connectivity index (χ0n) is 19.0. The molecule has 2 atom stereocenters. The number of ether oxygens (including phenoxy) is 1. The summed E-state index contributed by atoms with van der Waals surface area (Å²) in [5.41, 5.74) is 4.26. The number of aliphatic hydroxyl groups is 1. The standard InChI is InChI=1S/C15H16O2S.C11H15N3/c1-17-15-8-5-12(9-13(15)10-16)11-3-6-14(18-2)7-4-11;1-2-8-4-12-11(13-5-8)14-6-9-3-10(9)7-14/h3-9,16H,10H2,1-2H3;4-5,9-10H,2-3,6-7H2,1H3. The second kappa shape index (κ2) is 10.4. The molecule has 2 unspecified atom stereocenters. The highest BCUT2D eigenvalue weighted by molar-refractivity contribution is 7.98. The first-order valence-corrected chi connectivity index (χ1v) is 12.4. The van der Waals surface area contributed by atoms with Crippen molar-refractivity contribution < 1.29 is 9.84 Å². The molecule has 32 heavy (non-hydrogen) atoms. The van der Waals surface area contributed by atoms with Gasteiger partial charge in [-0.2, -0.15) is 0 Å². The molecule has 2 heterocycles. The van der Waals surface area contributed by atoms with Crippen molar-refractivity contribution in [2.75, 3.05) is 31.4 Å². The van der Waals surface area contributed by atoms with Crippen molar-refractivity contribution in [3.05, 3.63) is 66.0 Å². The summed E-state index contributed by atoms with van der Waals surface area (Å²) in [6, 6.07) is 14.2. The summed E-state index contributed by atoms with van der Waals surface area (Å²) in [6.45, 7) is 4.47. The van der Waals surface area contributed by atoms with E-state index in [1.165, 1.54) is 30.0 Å². The normalized spacial score (nSPS) is 18.6. The van der Waals surface area contributed by atoms with Crippen LogP contribution in [0.2, 0.25) is 0 Å². The maximum Gasteiger partial charge on any atom is 0.225 e. The molecule has 1 N–H and O–H groups in total. The van der Waals surface area contributed by atoms with E-state index < -0.39 is 0 Å². The monoisotopic (exact) mass is 449 g/mol. The third-order valence-electron chi connectivity index (χ3n) is 6.24. The number of hydrogen-bond acceptors (Lipinski definition) is 6. The van der Waals surface area contributed by atoms with Gasteiger partial charge in [-0.25, -0.2) is 9.97 Å². The van der Waals surface area contributed by atoms with Crippen molar-refractivity contribution in [1.29, 1.82) is 0 Å². The van der Waals surface area contributed by atoms with Gasteiger partial charge in [-0.15, -0.1) is 11.8 Å². The van der Waals surface area contributed by atoms with E-state index in [0.29, 0.717) is 0 Å². The predicted octanol–water partition coefficient (Wildman–Crippen LogP) is 5.07. The average molecular weight is 450 g/mol. The van der Waals surface area contributed by atoms with Gasteiger partial charge in [-0.05, 0) is 71.9 Å². The van der Waals surface area contributed by atoms with Crippen LogP contribution < -0.4 is 9.64 Å². The largest absolute Gasteiger partial charge is 0.496 e. The molecule has 6 heteroatoms. The van der Waals surface area contributed by atoms with E-state index in [1.54, 1.807) is 18.9 Å². The number of rotatable bonds is 6. The fourth-order valence-corrected chi connectivity index (χ4v) is 4.53. The molecule has 1 aliphatic heterocycles. The first-order chi connectivity index (χ1) is 15.6. The van der Waals surface area contributed by atoms with E-state index in [4.69, 9.17) is 4.74 Å². The molecule has 2 aromatic carbocycles. The molecule has 1 saturated heterocycles. The number of thioether (sulfide) groups is 1. The number of fused-ring (bicyclic) bond motifs is 1. The number of methoxy groups -OCH3 is 1. The molecular formula is C26H31N3O2S. The van der Waals surface area contributed by atoms with Gasteiger partial charge < -0.3 is 14.7 Å². The van der Waals surface area contributed by atoms with Gasteiger partial charge in [-0.1, -0.05) is 25.1 Å². The molecule has 0 amide bonds. The lowest BCUT2D eigenvalue weighted by atomic mass is 10.0. The highest BCUT2D eigenvalue weighted by Gasteiger charge is 2.45. The Hall–Kier alpha value is -2.57. The van der Waals surface area contributed by atoms with E-state index in [2.05, 4.69) is 52.3 Å². The van der Waals surface area contributed by atoms with Gasteiger partial charge in [0.1, 0.15) is 5.75 Å². The van der Waals surface area contributed by atoms with E-state index >= 15 is 0 Å². The molecule has 2 fully saturated rings. The smallest absolute Gasteiger partial charge is 0.225 e. The number of aromatic nitrogens is 2. The molecule has 3 aromatic rings. The minimum absolute atomic E-state index is 0.0140. The van der Waals surface area contributed by atoms with Crippen LogP contribution >= 0.6 is 11.8 Å². The Bertz CT molecular complexity index is 1010. The van der Waals surface area contributed by atoms with Gasteiger partial charge in [0.25, 0.3) is 0 Å². The minimum Gasteiger partial charge on any atom is -0.496 e. The molecule has 1 aliphatic carbocycles. The summed E-state index contributed by atoms with van der Waals surface area (Å²) in [5.74, 6) is 3.55. The molecule has 5 nitrogen and oxygen atoms in total. The molecule has 0 radical (unpaired) electrons. The number of nitrogens with zero attached hydrogens (tertiary/aromatic N) is 3. The number of aliphatic hydroxyl groups excluding tert-OH is 1. The maximum atomic E-state index is 9.32. The Labute approximate surface area is 194 Å². The van der Waals surface area contributed by atoms with E-state index in [9.17, 15) is 5.11 Å². The van der Waals surface area contributed by atoms with Gasteiger partial charge in [0.05, 0.1) is 13.7 Å². The van der Waals surface area contributed by atoms with Crippen molar-refractivity contribution in [2.24, 2.45) is 11.8 Å². The van der Waals surface area contributed by atoms with Crippen molar-refractivity contribution >= 4 is 17.7 Å². The summed E-state index contributed by atoms with van der Waals surface area (Å²) in [4.78, 5) is 12.4. The summed E-state index contributed by atoms with van der Waals surface area (Å²) >= 11 is 1.73. The van der Waals surface area contributed by atoms with Crippen molar-refractivity contribution in [1.82, 2.24) is 9.97 Å². The summed E-state index contributed by atoms with van der Waals surface area (Å²) < 4.78 is 5.20. The lowest BCUT2D eigenvalue weighted by Crippen LogP contribution is -2.23. The van der Waals surface area contributed by atoms with Crippen LogP contribution in [0.25, 0.3) is 11.1 Å². The lowest BCUT2D eigenvalue weighted by Gasteiger charge is -2.17. The van der Waals surface area contributed by atoms with Crippen LogP contribution in [0, 0.1) is 11.8 Å². The Morgan fingerprint density at radius 2 is 1.69 bits per heavy atom. The topological polar surface area (TPSA) is 58.5 Å². The van der Waals surface area contributed by atoms with E-state index in [0.717, 1.165) is 46.6 Å². The summed E-state index contributed by atoms with van der Waals surface area (Å²) in [5, 5.41) is 9.32. The fraction of sp³-hybridized carbons (Fsp3) is 0.385. The molecular weight excluding hydrogens is 418 g/mol. The Morgan fingerprint density at radius 1 is 1.03 bits per heavy atom. The molecule has 5 rings (SSSR count). The average Bonchev–Trinajstić information content (AvgIpc) is 3.48. The third kappa shape index (κ3) is 5.25. The molecule has 1 aromatic heterocycles. The van der Waals surface area contributed by atoms with E-state index in [-0.39, 0.29) is 6.61 Å². The van der Waals surface area contributed by atoms with Gasteiger partial charge in [0.2, 0.25) is 5.95 Å². The van der Waals surface area contributed by atoms with Crippen LogP contribution in [-0.2, 0) is 13.0 Å². The SMILES string of the molecule is CCc1cnc(N2CC3CC3C2)nc1.COc1ccc(-c2ccc(SC)cc2)cc1CO. The highest BCUT2D eigenvalue weighted by atomic mass is 32.2. The van der Waals surface area contributed by atoms with Crippen LogP contribution in [0.4, 0.5) is 5.95 Å². The minimum atomic E-state index is -0.0140.